The highest BCUT2D eigenvalue weighted by Crippen LogP contribution is 2.35. The maximum Gasteiger partial charge on any atom is 0.227 e. The number of amides is 1. The minimum atomic E-state index is -2.32. The Morgan fingerprint density at radius 2 is 2.04 bits per heavy atom. The van der Waals surface area contributed by atoms with E-state index < -0.39 is 11.3 Å². The lowest BCUT2D eigenvalue weighted by Crippen LogP contribution is -2.29. The van der Waals surface area contributed by atoms with Crippen LogP contribution < -0.4 is 4.72 Å². The summed E-state index contributed by atoms with van der Waals surface area (Å²) in [5.74, 6) is -0.0431. The highest BCUT2D eigenvalue weighted by Gasteiger charge is 2.30. The number of halogens is 2. The van der Waals surface area contributed by atoms with E-state index in [2.05, 4.69) is 4.72 Å². The monoisotopic (exact) mass is 425 g/mol. The van der Waals surface area contributed by atoms with E-state index in [1.165, 1.54) is 0 Å². The lowest BCUT2D eigenvalue weighted by atomic mass is 10.0. The van der Waals surface area contributed by atoms with Gasteiger partial charge in [0.25, 0.3) is 0 Å². The van der Waals surface area contributed by atoms with E-state index in [0.717, 1.165) is 16.7 Å². The Hall–Kier alpha value is -1.44. The molecule has 2 aromatic carbocycles. The second-order valence-corrected chi connectivity index (χ2v) is 7.99. The van der Waals surface area contributed by atoms with Crippen LogP contribution in [0.15, 0.2) is 36.4 Å². The average molecular weight is 426 g/mol. The number of hydrogen-bond donors (Lipinski definition) is 1. The summed E-state index contributed by atoms with van der Waals surface area (Å²) in [6.45, 7) is 2.81. The number of nitrogens with zero attached hydrogens (tertiary/aromatic N) is 1. The predicted octanol–water partition coefficient (Wildman–Crippen LogP) is 3.57. The van der Waals surface area contributed by atoms with E-state index >= 15 is 0 Å². The summed E-state index contributed by atoms with van der Waals surface area (Å²) in [4.78, 5) is 14.8. The Bertz CT molecular complexity index is 891. The van der Waals surface area contributed by atoms with Crippen molar-refractivity contribution >= 4 is 40.4 Å². The van der Waals surface area contributed by atoms with Crippen molar-refractivity contribution in [2.24, 2.45) is 0 Å². The minimum Gasteiger partial charge on any atom is -0.760 e. The zero-order chi connectivity index (χ0) is 19.6. The molecule has 0 aromatic heterocycles. The van der Waals surface area contributed by atoms with Crippen molar-refractivity contribution in [2.45, 2.75) is 32.4 Å². The summed E-state index contributed by atoms with van der Waals surface area (Å²) < 4.78 is 23.5. The molecule has 1 unspecified atom stereocenters. The van der Waals surface area contributed by atoms with Gasteiger partial charge in [-0.2, -0.15) is 0 Å². The van der Waals surface area contributed by atoms with Gasteiger partial charge in [-0.3, -0.25) is 9.00 Å². The Morgan fingerprint density at radius 3 is 2.74 bits per heavy atom. The first-order valence-corrected chi connectivity index (χ1v) is 10.4. The first-order valence-electron chi connectivity index (χ1n) is 8.54. The van der Waals surface area contributed by atoms with E-state index in [1.54, 1.807) is 12.1 Å². The smallest absolute Gasteiger partial charge is 0.227 e. The molecule has 1 aliphatic heterocycles. The second-order valence-electron chi connectivity index (χ2n) is 6.45. The molecule has 0 bridgehead atoms. The second kappa shape index (κ2) is 8.71. The van der Waals surface area contributed by atoms with Crippen molar-refractivity contribution in [3.8, 4) is 0 Å². The molecule has 0 aliphatic carbocycles. The van der Waals surface area contributed by atoms with E-state index in [0.29, 0.717) is 28.6 Å². The fourth-order valence-electron chi connectivity index (χ4n) is 3.40. The molecule has 8 heteroatoms. The van der Waals surface area contributed by atoms with Crippen LogP contribution in [0.25, 0.3) is 0 Å². The maximum atomic E-state index is 12.9. The number of carbonyl (C=O) groups is 1. The van der Waals surface area contributed by atoms with Crippen LogP contribution in [0.4, 0.5) is 0 Å². The molecule has 1 N–H and O–H groups in total. The number of hydrogen-bond acceptors (Lipinski definition) is 3. The number of fused-ring (bicyclic) bond motifs is 1. The quantitative estimate of drug-likeness (QED) is 0.718. The van der Waals surface area contributed by atoms with Gasteiger partial charge in [-0.1, -0.05) is 53.5 Å². The minimum absolute atomic E-state index is 0.00525. The molecule has 144 valence electrons. The molecule has 2 aromatic rings. The fourth-order valence-corrected chi connectivity index (χ4v) is 4.27. The summed E-state index contributed by atoms with van der Waals surface area (Å²) in [7, 11) is 0. The highest BCUT2D eigenvalue weighted by atomic mass is 35.5. The molecule has 0 spiro atoms. The molecule has 1 amide bonds. The third-order valence-electron chi connectivity index (χ3n) is 4.84. The number of rotatable bonds is 6. The molecule has 3 rings (SSSR count). The molecule has 0 saturated carbocycles. The Morgan fingerprint density at radius 1 is 1.30 bits per heavy atom. The standard InChI is InChI=1S/C19H20Cl2N2O3S/c1-12-15-5-3-2-4-14(15)11-23(12)18(24)10-16-17(20)7-6-13(19(16)21)8-9-22-27(25)26/h2-7,12,22H,8-11H2,1H3,(H,25,26)/p-1/t12-/m0/s1. The van der Waals surface area contributed by atoms with E-state index in [-0.39, 0.29) is 24.9 Å². The van der Waals surface area contributed by atoms with Gasteiger partial charge in [0.05, 0.1) is 12.5 Å². The molecule has 2 atom stereocenters. The lowest BCUT2D eigenvalue weighted by Gasteiger charge is -2.23. The van der Waals surface area contributed by atoms with Gasteiger partial charge in [0, 0.05) is 34.4 Å². The summed E-state index contributed by atoms with van der Waals surface area (Å²) >= 11 is 10.4. The van der Waals surface area contributed by atoms with Gasteiger partial charge in [-0.05, 0) is 41.7 Å². The molecule has 1 heterocycles. The third kappa shape index (κ3) is 4.52. The van der Waals surface area contributed by atoms with Crippen LogP contribution in [-0.2, 0) is 35.4 Å². The topological polar surface area (TPSA) is 72.5 Å². The van der Waals surface area contributed by atoms with Gasteiger partial charge in [0.2, 0.25) is 5.91 Å². The van der Waals surface area contributed by atoms with E-state index in [1.807, 2.05) is 36.1 Å². The zero-order valence-electron chi connectivity index (χ0n) is 14.7. The van der Waals surface area contributed by atoms with Crippen molar-refractivity contribution in [1.29, 1.82) is 0 Å². The van der Waals surface area contributed by atoms with Gasteiger partial charge in [0.1, 0.15) is 0 Å². The first-order chi connectivity index (χ1) is 12.9. The van der Waals surface area contributed by atoms with Crippen LogP contribution in [0.3, 0.4) is 0 Å². The Balaban J connectivity index is 1.75. The van der Waals surface area contributed by atoms with Crippen LogP contribution in [0.2, 0.25) is 10.0 Å². The van der Waals surface area contributed by atoms with Gasteiger partial charge in [0.15, 0.2) is 0 Å². The van der Waals surface area contributed by atoms with E-state index in [9.17, 15) is 13.6 Å². The van der Waals surface area contributed by atoms with Crippen molar-refractivity contribution in [3.05, 3.63) is 68.7 Å². The Kier molecular flexibility index (Phi) is 6.55. The normalized spacial score (nSPS) is 17.0. The van der Waals surface area contributed by atoms with Gasteiger partial charge < -0.3 is 9.45 Å². The molecule has 1 aliphatic rings. The molecule has 5 nitrogen and oxygen atoms in total. The summed E-state index contributed by atoms with van der Waals surface area (Å²) in [6.07, 6.45) is 0.515. The van der Waals surface area contributed by atoms with Crippen molar-refractivity contribution in [2.75, 3.05) is 6.54 Å². The zero-order valence-corrected chi connectivity index (χ0v) is 17.0. The Labute approximate surface area is 171 Å². The highest BCUT2D eigenvalue weighted by molar-refractivity contribution is 7.77. The molecule has 0 fully saturated rings. The van der Waals surface area contributed by atoms with Crippen LogP contribution in [0.5, 0.6) is 0 Å². The van der Waals surface area contributed by atoms with Crippen molar-refractivity contribution in [1.82, 2.24) is 9.62 Å². The number of benzene rings is 2. The van der Waals surface area contributed by atoms with Gasteiger partial charge >= 0.3 is 0 Å². The third-order valence-corrected chi connectivity index (χ3v) is 6.11. The SMILES string of the molecule is C[C@H]1c2ccccc2CN1C(=O)Cc1c(Cl)ccc(CCNS(=O)[O-])c1Cl. The lowest BCUT2D eigenvalue weighted by molar-refractivity contribution is -0.132. The van der Waals surface area contributed by atoms with Gasteiger partial charge in [-0.15, -0.1) is 0 Å². The van der Waals surface area contributed by atoms with Crippen molar-refractivity contribution < 1.29 is 13.6 Å². The molecule has 0 saturated heterocycles. The summed E-state index contributed by atoms with van der Waals surface area (Å²) in [6, 6.07) is 11.5. The fraction of sp³-hybridized carbons (Fsp3) is 0.316. The van der Waals surface area contributed by atoms with Crippen molar-refractivity contribution in [3.63, 3.8) is 0 Å². The first kappa shape index (κ1) is 20.3. The van der Waals surface area contributed by atoms with Gasteiger partial charge in [-0.25, -0.2) is 4.72 Å². The van der Waals surface area contributed by atoms with Crippen LogP contribution in [0, 0.1) is 0 Å². The summed E-state index contributed by atoms with van der Waals surface area (Å²) in [5, 5.41) is 0.848. The van der Waals surface area contributed by atoms with Crippen LogP contribution in [0.1, 0.15) is 35.2 Å². The molecule has 0 radical (unpaired) electrons. The molecular formula is C19H19Cl2N2O3S-. The van der Waals surface area contributed by atoms with Crippen LogP contribution >= 0.6 is 23.2 Å². The molecule has 27 heavy (non-hydrogen) atoms. The maximum absolute atomic E-state index is 12.9. The molecular weight excluding hydrogens is 407 g/mol. The number of carbonyl (C=O) groups excluding carboxylic acids is 1. The predicted molar refractivity (Wildman–Crippen MR) is 106 cm³/mol. The number of nitrogens with one attached hydrogen (secondary N) is 1. The average Bonchev–Trinajstić information content (AvgIpc) is 2.97. The van der Waals surface area contributed by atoms with E-state index in [4.69, 9.17) is 23.2 Å². The summed E-state index contributed by atoms with van der Waals surface area (Å²) in [5.41, 5.74) is 3.64. The largest absolute Gasteiger partial charge is 0.760 e. The van der Waals surface area contributed by atoms with Crippen LogP contribution in [-0.4, -0.2) is 26.1 Å².